The van der Waals surface area contributed by atoms with Crippen LogP contribution >= 0.6 is 0 Å². The number of fused-ring (bicyclic) bond motifs is 1. The molecule has 0 bridgehead atoms. The molecule has 1 aromatic heterocycles. The van der Waals surface area contributed by atoms with Crippen molar-refractivity contribution in [3.05, 3.63) is 48.3 Å². The molecule has 0 radical (unpaired) electrons. The predicted octanol–water partition coefficient (Wildman–Crippen LogP) is 2.35. The number of benzene rings is 2. The van der Waals surface area contributed by atoms with E-state index < -0.39 is 0 Å². The van der Waals surface area contributed by atoms with Crippen LogP contribution in [0.2, 0.25) is 0 Å². The summed E-state index contributed by atoms with van der Waals surface area (Å²) in [4.78, 5) is 4.20. The van der Waals surface area contributed by atoms with Gasteiger partial charge >= 0.3 is 0 Å². The molecule has 3 rings (SSSR count). The summed E-state index contributed by atoms with van der Waals surface area (Å²) in [6.07, 6.45) is 0. The minimum absolute atomic E-state index is 0.289. The van der Waals surface area contributed by atoms with Gasteiger partial charge in [-0.25, -0.2) is 0 Å². The molecule has 0 saturated heterocycles. The molecule has 0 aliphatic heterocycles. The van der Waals surface area contributed by atoms with E-state index in [1.54, 1.807) is 0 Å². The Morgan fingerprint density at radius 1 is 1.06 bits per heavy atom. The molecule has 0 saturated carbocycles. The molecular weight excluding hydrogens is 214 g/mol. The van der Waals surface area contributed by atoms with Crippen LogP contribution in [0.5, 0.6) is 0 Å². The van der Waals surface area contributed by atoms with Gasteiger partial charge in [-0.05, 0) is 22.9 Å². The Morgan fingerprint density at radius 3 is 2.65 bits per heavy atom. The minimum Gasteiger partial charge on any atom is -0.334 e. The highest BCUT2D eigenvalue weighted by Gasteiger charge is 2.07. The van der Waals surface area contributed by atoms with E-state index in [9.17, 15) is 0 Å². The highest BCUT2D eigenvalue weighted by atomic mass is 16.5. The van der Waals surface area contributed by atoms with Crippen LogP contribution in [-0.4, -0.2) is 10.1 Å². The smallest absolute Gasteiger partial charge is 0.257 e. The van der Waals surface area contributed by atoms with Gasteiger partial charge in [0.15, 0.2) is 5.82 Å². The van der Waals surface area contributed by atoms with E-state index in [0.29, 0.717) is 11.7 Å². The summed E-state index contributed by atoms with van der Waals surface area (Å²) < 4.78 is 5.15. The summed E-state index contributed by atoms with van der Waals surface area (Å²) in [5, 5.41) is 6.12. The Kier molecular flexibility index (Phi) is 2.34. The molecule has 0 amide bonds. The third kappa shape index (κ3) is 1.79. The Hall–Kier alpha value is -2.20. The second-order valence-corrected chi connectivity index (χ2v) is 3.78. The van der Waals surface area contributed by atoms with Gasteiger partial charge in [0.05, 0.1) is 6.54 Å². The molecule has 4 heteroatoms. The fraction of sp³-hybridized carbons (Fsp3) is 0.0769. The molecular formula is C13H11N3O. The maximum atomic E-state index is 5.45. The van der Waals surface area contributed by atoms with Crippen LogP contribution in [0.25, 0.3) is 22.2 Å². The van der Waals surface area contributed by atoms with Crippen LogP contribution < -0.4 is 5.73 Å². The van der Waals surface area contributed by atoms with E-state index in [1.807, 2.05) is 30.3 Å². The highest BCUT2D eigenvalue weighted by Crippen LogP contribution is 2.22. The molecule has 1 heterocycles. The SMILES string of the molecule is NCc1noc(-c2ccc3ccccc3c2)n1. The van der Waals surface area contributed by atoms with Gasteiger partial charge in [-0.15, -0.1) is 0 Å². The van der Waals surface area contributed by atoms with Crippen molar-refractivity contribution >= 4 is 10.8 Å². The van der Waals surface area contributed by atoms with E-state index in [0.717, 1.165) is 10.9 Å². The van der Waals surface area contributed by atoms with Gasteiger partial charge in [-0.2, -0.15) is 4.98 Å². The number of aromatic nitrogens is 2. The van der Waals surface area contributed by atoms with Gasteiger partial charge in [-0.1, -0.05) is 35.5 Å². The van der Waals surface area contributed by atoms with Crippen molar-refractivity contribution in [3.63, 3.8) is 0 Å². The normalized spacial score (nSPS) is 10.9. The second kappa shape index (κ2) is 3.99. The van der Waals surface area contributed by atoms with Crippen LogP contribution in [0.4, 0.5) is 0 Å². The molecule has 0 aliphatic rings. The lowest BCUT2D eigenvalue weighted by atomic mass is 10.1. The van der Waals surface area contributed by atoms with E-state index in [1.165, 1.54) is 5.39 Å². The lowest BCUT2D eigenvalue weighted by Gasteiger charge is -1.98. The van der Waals surface area contributed by atoms with Gasteiger partial charge in [0.25, 0.3) is 5.89 Å². The predicted molar refractivity (Wildman–Crippen MR) is 65.1 cm³/mol. The van der Waals surface area contributed by atoms with Crippen LogP contribution in [0.1, 0.15) is 5.82 Å². The maximum absolute atomic E-state index is 5.45. The number of rotatable bonds is 2. The fourth-order valence-electron chi connectivity index (χ4n) is 1.78. The van der Waals surface area contributed by atoms with E-state index >= 15 is 0 Å². The summed E-state index contributed by atoms with van der Waals surface area (Å²) in [6.45, 7) is 0.289. The quantitative estimate of drug-likeness (QED) is 0.727. The molecule has 84 valence electrons. The lowest BCUT2D eigenvalue weighted by Crippen LogP contribution is -1.97. The zero-order valence-corrected chi connectivity index (χ0v) is 9.13. The molecule has 0 aliphatic carbocycles. The van der Waals surface area contributed by atoms with E-state index in [4.69, 9.17) is 10.3 Å². The zero-order valence-electron chi connectivity index (χ0n) is 9.13. The van der Waals surface area contributed by atoms with E-state index in [-0.39, 0.29) is 6.54 Å². The zero-order chi connectivity index (χ0) is 11.7. The van der Waals surface area contributed by atoms with Crippen LogP contribution in [0.3, 0.4) is 0 Å². The fourth-order valence-corrected chi connectivity index (χ4v) is 1.78. The molecule has 0 fully saturated rings. The van der Waals surface area contributed by atoms with E-state index in [2.05, 4.69) is 22.3 Å². The van der Waals surface area contributed by atoms with Gasteiger partial charge in [0.1, 0.15) is 0 Å². The summed E-state index contributed by atoms with van der Waals surface area (Å²) >= 11 is 0. The number of nitrogens with zero attached hydrogens (tertiary/aromatic N) is 2. The molecule has 0 atom stereocenters. The van der Waals surface area contributed by atoms with Crippen LogP contribution in [-0.2, 0) is 6.54 Å². The van der Waals surface area contributed by atoms with Crippen molar-refractivity contribution in [1.82, 2.24) is 10.1 Å². The largest absolute Gasteiger partial charge is 0.334 e. The van der Waals surface area contributed by atoms with Gasteiger partial charge in [-0.3, -0.25) is 0 Å². The summed E-state index contributed by atoms with van der Waals surface area (Å²) in [7, 11) is 0. The number of nitrogens with two attached hydrogens (primary N) is 1. The van der Waals surface area contributed by atoms with Crippen LogP contribution in [0, 0.1) is 0 Å². The minimum atomic E-state index is 0.289. The first-order valence-electron chi connectivity index (χ1n) is 5.38. The standard InChI is InChI=1S/C13H11N3O/c14-8-12-15-13(17-16-12)11-6-5-9-3-1-2-4-10(9)7-11/h1-7H,8,14H2. The van der Waals surface area contributed by atoms with Gasteiger partial charge in [0, 0.05) is 5.56 Å². The summed E-state index contributed by atoms with van der Waals surface area (Å²) in [5.74, 6) is 1.03. The number of hydrogen-bond acceptors (Lipinski definition) is 4. The molecule has 0 spiro atoms. The second-order valence-electron chi connectivity index (χ2n) is 3.78. The topological polar surface area (TPSA) is 64.9 Å². The van der Waals surface area contributed by atoms with Crippen molar-refractivity contribution in [2.45, 2.75) is 6.54 Å². The molecule has 3 aromatic rings. The molecule has 17 heavy (non-hydrogen) atoms. The third-order valence-corrected chi connectivity index (χ3v) is 2.65. The van der Waals surface area contributed by atoms with Gasteiger partial charge in [0.2, 0.25) is 0 Å². The Labute approximate surface area is 98.1 Å². The van der Waals surface area contributed by atoms with Gasteiger partial charge < -0.3 is 10.3 Å². The first kappa shape index (κ1) is 9.99. The lowest BCUT2D eigenvalue weighted by molar-refractivity contribution is 0.423. The summed E-state index contributed by atoms with van der Waals surface area (Å²) in [6, 6.07) is 14.2. The third-order valence-electron chi connectivity index (χ3n) is 2.65. The van der Waals surface area contributed by atoms with Crippen molar-refractivity contribution in [2.75, 3.05) is 0 Å². The van der Waals surface area contributed by atoms with Crippen molar-refractivity contribution in [3.8, 4) is 11.5 Å². The average Bonchev–Trinajstić information content (AvgIpc) is 2.87. The van der Waals surface area contributed by atoms with Crippen molar-refractivity contribution in [2.24, 2.45) is 5.73 Å². The Balaban J connectivity index is 2.11. The summed E-state index contributed by atoms with van der Waals surface area (Å²) in [5.41, 5.74) is 6.36. The maximum Gasteiger partial charge on any atom is 0.257 e. The van der Waals surface area contributed by atoms with Crippen LogP contribution in [0.15, 0.2) is 47.0 Å². The van der Waals surface area contributed by atoms with Crippen molar-refractivity contribution < 1.29 is 4.52 Å². The number of hydrogen-bond donors (Lipinski definition) is 1. The first-order valence-corrected chi connectivity index (χ1v) is 5.38. The molecule has 2 N–H and O–H groups in total. The Bertz CT molecular complexity index is 660. The average molecular weight is 225 g/mol. The monoisotopic (exact) mass is 225 g/mol. The molecule has 0 unspecified atom stereocenters. The molecule has 4 nitrogen and oxygen atoms in total. The van der Waals surface area contributed by atoms with Crippen molar-refractivity contribution in [1.29, 1.82) is 0 Å². The molecule has 2 aromatic carbocycles. The first-order chi connectivity index (χ1) is 8.36. The Morgan fingerprint density at radius 2 is 1.88 bits per heavy atom. The highest BCUT2D eigenvalue weighted by molar-refractivity contribution is 5.86.